The van der Waals surface area contributed by atoms with Crippen molar-refractivity contribution in [1.82, 2.24) is 4.57 Å². The van der Waals surface area contributed by atoms with Gasteiger partial charge in [-0.1, -0.05) is 29.3 Å². The Morgan fingerprint density at radius 2 is 1.47 bits per heavy atom. The summed E-state index contributed by atoms with van der Waals surface area (Å²) in [6.45, 7) is 3.74. The summed E-state index contributed by atoms with van der Waals surface area (Å²) in [6.07, 6.45) is 0. The number of aryl methyl sites for hydroxylation is 2. The number of rotatable bonds is 1. The highest BCUT2D eigenvalue weighted by Crippen LogP contribution is 2.26. The van der Waals surface area contributed by atoms with E-state index in [1.165, 1.54) is 0 Å². The van der Waals surface area contributed by atoms with Crippen LogP contribution in [0.4, 0.5) is 0 Å². The van der Waals surface area contributed by atoms with Crippen LogP contribution in [0.1, 0.15) is 21.7 Å². The quantitative estimate of drug-likeness (QED) is 0.763. The summed E-state index contributed by atoms with van der Waals surface area (Å²) in [5.74, 6) is -0.194. The number of carbonyl (C=O) groups is 1. The molecule has 0 radical (unpaired) electrons. The molecule has 0 aliphatic rings. The first-order valence-corrected chi connectivity index (χ1v) is 5.91. The molecule has 1 aromatic carbocycles. The van der Waals surface area contributed by atoms with Gasteiger partial charge in [0, 0.05) is 11.4 Å². The van der Waals surface area contributed by atoms with Crippen LogP contribution in [-0.2, 0) is 0 Å². The molecule has 0 aliphatic heterocycles. The average Bonchev–Trinajstić information content (AvgIpc) is 2.58. The molecule has 2 nitrogen and oxygen atoms in total. The third-order valence-corrected chi connectivity index (χ3v) is 3.28. The first-order valence-electron chi connectivity index (χ1n) is 5.16. The Bertz CT molecular complexity index is 547. The highest BCUT2D eigenvalue weighted by molar-refractivity contribution is 6.39. The largest absolute Gasteiger partial charge is 0.285 e. The third-order valence-electron chi connectivity index (χ3n) is 2.65. The monoisotopic (exact) mass is 267 g/mol. The number of aromatic nitrogens is 1. The van der Waals surface area contributed by atoms with E-state index < -0.39 is 0 Å². The Hall–Kier alpha value is -1.25. The lowest BCUT2D eigenvalue weighted by molar-refractivity contribution is 0.0956. The van der Waals surface area contributed by atoms with Gasteiger partial charge in [-0.3, -0.25) is 9.36 Å². The lowest BCUT2D eigenvalue weighted by Crippen LogP contribution is -2.15. The van der Waals surface area contributed by atoms with E-state index in [0.717, 1.165) is 11.4 Å². The van der Waals surface area contributed by atoms with Crippen molar-refractivity contribution in [2.45, 2.75) is 13.8 Å². The Morgan fingerprint density at radius 3 is 1.94 bits per heavy atom. The molecule has 17 heavy (non-hydrogen) atoms. The van der Waals surface area contributed by atoms with Crippen LogP contribution in [0, 0.1) is 13.8 Å². The van der Waals surface area contributed by atoms with E-state index in [2.05, 4.69) is 0 Å². The molecule has 0 atom stereocenters. The van der Waals surface area contributed by atoms with Gasteiger partial charge in [0.1, 0.15) is 0 Å². The van der Waals surface area contributed by atoms with E-state index in [0.29, 0.717) is 15.6 Å². The van der Waals surface area contributed by atoms with E-state index in [9.17, 15) is 4.79 Å². The van der Waals surface area contributed by atoms with E-state index >= 15 is 0 Å². The van der Waals surface area contributed by atoms with Gasteiger partial charge in [0.2, 0.25) is 0 Å². The predicted octanol–water partition coefficient (Wildman–Crippen LogP) is 4.10. The average molecular weight is 268 g/mol. The second kappa shape index (κ2) is 4.55. The fourth-order valence-electron chi connectivity index (χ4n) is 1.80. The standard InChI is InChI=1S/C13H11Cl2NO/c1-8-6-7-9(2)16(8)13(17)12-10(14)4-3-5-11(12)15/h3-7H,1-2H3. The summed E-state index contributed by atoms with van der Waals surface area (Å²) in [4.78, 5) is 12.4. The summed E-state index contributed by atoms with van der Waals surface area (Å²) in [7, 11) is 0. The second-order valence-corrected chi connectivity index (χ2v) is 4.67. The van der Waals surface area contributed by atoms with Crippen LogP contribution in [0.2, 0.25) is 10.0 Å². The molecule has 1 heterocycles. The van der Waals surface area contributed by atoms with Crippen LogP contribution in [0.25, 0.3) is 0 Å². The number of hydrogen-bond donors (Lipinski definition) is 0. The van der Waals surface area contributed by atoms with Crippen LogP contribution < -0.4 is 0 Å². The maximum absolute atomic E-state index is 12.4. The van der Waals surface area contributed by atoms with E-state index in [1.807, 2.05) is 26.0 Å². The minimum atomic E-state index is -0.194. The SMILES string of the molecule is Cc1ccc(C)n1C(=O)c1c(Cl)cccc1Cl. The summed E-state index contributed by atoms with van der Waals surface area (Å²) in [6, 6.07) is 8.82. The number of nitrogens with zero attached hydrogens (tertiary/aromatic N) is 1. The van der Waals surface area contributed by atoms with Crippen molar-refractivity contribution < 1.29 is 4.79 Å². The first kappa shape index (κ1) is 12.2. The molecule has 4 heteroatoms. The minimum Gasteiger partial charge on any atom is -0.285 e. The Balaban J connectivity index is 2.59. The number of carbonyl (C=O) groups excluding carboxylic acids is 1. The van der Waals surface area contributed by atoms with E-state index in [1.54, 1.807) is 22.8 Å². The Kier molecular flexibility index (Phi) is 3.27. The number of halogens is 2. The highest BCUT2D eigenvalue weighted by Gasteiger charge is 2.18. The number of hydrogen-bond acceptors (Lipinski definition) is 1. The van der Waals surface area contributed by atoms with E-state index in [4.69, 9.17) is 23.2 Å². The normalized spacial score (nSPS) is 10.6. The molecule has 0 bridgehead atoms. The molecule has 0 amide bonds. The van der Waals surface area contributed by atoms with Gasteiger partial charge in [0.05, 0.1) is 15.6 Å². The fourth-order valence-corrected chi connectivity index (χ4v) is 2.36. The molecular formula is C13H11Cl2NO. The molecule has 88 valence electrons. The summed E-state index contributed by atoms with van der Waals surface area (Å²) in [5, 5.41) is 0.741. The smallest absolute Gasteiger partial charge is 0.265 e. The van der Waals surface area contributed by atoms with E-state index in [-0.39, 0.29) is 5.91 Å². The fraction of sp³-hybridized carbons (Fsp3) is 0.154. The molecule has 0 aliphatic carbocycles. The Labute approximate surface area is 110 Å². The predicted molar refractivity (Wildman–Crippen MR) is 70.1 cm³/mol. The van der Waals surface area contributed by atoms with Gasteiger partial charge < -0.3 is 0 Å². The molecule has 0 saturated heterocycles. The lowest BCUT2D eigenvalue weighted by atomic mass is 10.2. The van der Waals surface area contributed by atoms with Crippen molar-refractivity contribution in [2.75, 3.05) is 0 Å². The van der Waals surface area contributed by atoms with Crippen LogP contribution in [0.5, 0.6) is 0 Å². The highest BCUT2D eigenvalue weighted by atomic mass is 35.5. The van der Waals surface area contributed by atoms with Gasteiger partial charge >= 0.3 is 0 Å². The van der Waals surface area contributed by atoms with Crippen molar-refractivity contribution in [1.29, 1.82) is 0 Å². The molecule has 0 unspecified atom stereocenters. The van der Waals surface area contributed by atoms with Crippen LogP contribution >= 0.6 is 23.2 Å². The molecule has 0 spiro atoms. The third kappa shape index (κ3) is 2.11. The van der Waals surface area contributed by atoms with Crippen LogP contribution in [0.15, 0.2) is 30.3 Å². The topological polar surface area (TPSA) is 22.0 Å². The van der Waals surface area contributed by atoms with Crippen molar-refractivity contribution in [3.63, 3.8) is 0 Å². The van der Waals surface area contributed by atoms with Crippen LogP contribution in [0.3, 0.4) is 0 Å². The van der Waals surface area contributed by atoms with Crippen molar-refractivity contribution in [3.05, 3.63) is 57.3 Å². The van der Waals surface area contributed by atoms with Crippen LogP contribution in [-0.4, -0.2) is 10.5 Å². The first-order chi connectivity index (χ1) is 8.02. The second-order valence-electron chi connectivity index (χ2n) is 3.85. The summed E-state index contributed by atoms with van der Waals surface area (Å²) < 4.78 is 1.60. The Morgan fingerprint density at radius 1 is 1.00 bits per heavy atom. The summed E-state index contributed by atoms with van der Waals surface area (Å²) >= 11 is 12.1. The number of benzene rings is 1. The molecular weight excluding hydrogens is 257 g/mol. The van der Waals surface area contributed by atoms with Gasteiger partial charge in [-0.2, -0.15) is 0 Å². The maximum atomic E-state index is 12.4. The van der Waals surface area contributed by atoms with Gasteiger partial charge in [-0.15, -0.1) is 0 Å². The van der Waals surface area contributed by atoms with Crippen molar-refractivity contribution >= 4 is 29.1 Å². The zero-order chi connectivity index (χ0) is 12.6. The van der Waals surface area contributed by atoms with Gasteiger partial charge in [-0.25, -0.2) is 0 Å². The molecule has 1 aromatic heterocycles. The zero-order valence-electron chi connectivity index (χ0n) is 9.50. The van der Waals surface area contributed by atoms with Gasteiger partial charge in [-0.05, 0) is 38.1 Å². The maximum Gasteiger partial charge on any atom is 0.265 e. The van der Waals surface area contributed by atoms with Gasteiger partial charge in [0.15, 0.2) is 0 Å². The summed E-state index contributed by atoms with van der Waals surface area (Å²) in [5.41, 5.74) is 2.07. The minimum absolute atomic E-state index is 0.194. The lowest BCUT2D eigenvalue weighted by Gasteiger charge is -2.10. The molecule has 2 aromatic rings. The molecule has 0 saturated carbocycles. The zero-order valence-corrected chi connectivity index (χ0v) is 11.0. The molecule has 2 rings (SSSR count). The molecule has 0 fully saturated rings. The molecule has 0 N–H and O–H groups in total. The van der Waals surface area contributed by atoms with Crippen molar-refractivity contribution in [3.8, 4) is 0 Å². The van der Waals surface area contributed by atoms with Crippen molar-refractivity contribution in [2.24, 2.45) is 0 Å². The van der Waals surface area contributed by atoms with Gasteiger partial charge in [0.25, 0.3) is 5.91 Å².